The van der Waals surface area contributed by atoms with Crippen molar-refractivity contribution in [3.63, 3.8) is 0 Å². The maximum absolute atomic E-state index is 13.1. The van der Waals surface area contributed by atoms with Crippen LogP contribution in [0.25, 0.3) is 6.08 Å². The molecule has 0 unspecified atom stereocenters. The molecule has 0 aromatic heterocycles. The highest BCUT2D eigenvalue weighted by Crippen LogP contribution is 2.61. The van der Waals surface area contributed by atoms with Gasteiger partial charge in [0.25, 0.3) is 0 Å². The number of carbonyl (C=O) groups excluding carboxylic acids is 2. The van der Waals surface area contributed by atoms with E-state index >= 15 is 0 Å². The second-order valence-electron chi connectivity index (χ2n) is 10.9. The van der Waals surface area contributed by atoms with Crippen LogP contribution in [0.2, 0.25) is 0 Å². The summed E-state index contributed by atoms with van der Waals surface area (Å²) in [5.41, 5.74) is 1.38. The largest absolute Gasteiger partial charge is 0.353 e. The van der Waals surface area contributed by atoms with E-state index < -0.39 is 0 Å². The number of rotatable bonds is 5. The molecule has 4 bridgehead atoms. The van der Waals surface area contributed by atoms with Gasteiger partial charge in [-0.05, 0) is 93.1 Å². The van der Waals surface area contributed by atoms with Gasteiger partial charge in [-0.15, -0.1) is 0 Å². The molecule has 1 N–H and O–H groups in total. The Morgan fingerprint density at radius 1 is 1.00 bits per heavy atom. The molecule has 0 radical (unpaired) electrons. The van der Waals surface area contributed by atoms with Gasteiger partial charge in [0.15, 0.2) is 0 Å². The van der Waals surface area contributed by atoms with Crippen molar-refractivity contribution in [2.75, 3.05) is 13.1 Å². The highest BCUT2D eigenvalue weighted by Gasteiger charge is 2.53. The van der Waals surface area contributed by atoms with Crippen LogP contribution in [0.4, 0.5) is 0 Å². The maximum Gasteiger partial charge on any atom is 0.246 e. The van der Waals surface area contributed by atoms with E-state index in [9.17, 15) is 9.59 Å². The summed E-state index contributed by atoms with van der Waals surface area (Å²) in [5, 5.41) is 3.44. The predicted molar refractivity (Wildman–Crippen MR) is 123 cm³/mol. The standard InChI is InChI=1S/C27H36N2O2/c1-19(27-16-21-13-22(17-27)15-23(14-21)18-27)28-26(31)24-9-11-29(12-10-24)25(30)8-7-20-5-3-2-4-6-20/h2-8,19,21-24H,9-18H2,1H3,(H,28,31)/b8-7+/t19-,21?,22?,23?,27?/m1/s1. The first kappa shape index (κ1) is 20.8. The Hall–Kier alpha value is -2.10. The van der Waals surface area contributed by atoms with Crippen molar-refractivity contribution in [2.24, 2.45) is 29.1 Å². The van der Waals surface area contributed by atoms with E-state index in [1.54, 1.807) is 6.08 Å². The second-order valence-corrected chi connectivity index (χ2v) is 10.9. The molecule has 5 aliphatic rings. The zero-order chi connectivity index (χ0) is 21.4. The van der Waals surface area contributed by atoms with Crippen molar-refractivity contribution in [3.8, 4) is 0 Å². The average Bonchev–Trinajstić information content (AvgIpc) is 2.77. The zero-order valence-corrected chi connectivity index (χ0v) is 18.8. The Kier molecular flexibility index (Phi) is 5.66. The first-order valence-electron chi connectivity index (χ1n) is 12.3. The molecule has 1 heterocycles. The van der Waals surface area contributed by atoms with Gasteiger partial charge in [0, 0.05) is 31.1 Å². The summed E-state index contributed by atoms with van der Waals surface area (Å²) in [6, 6.07) is 10.2. The van der Waals surface area contributed by atoms with Crippen LogP contribution < -0.4 is 5.32 Å². The van der Waals surface area contributed by atoms with Crippen LogP contribution in [-0.2, 0) is 9.59 Å². The van der Waals surface area contributed by atoms with Gasteiger partial charge >= 0.3 is 0 Å². The number of amides is 2. The number of nitrogens with one attached hydrogen (secondary N) is 1. The summed E-state index contributed by atoms with van der Waals surface area (Å²) >= 11 is 0. The van der Waals surface area contributed by atoms with Crippen molar-refractivity contribution in [1.29, 1.82) is 0 Å². The summed E-state index contributed by atoms with van der Waals surface area (Å²) < 4.78 is 0. The Morgan fingerprint density at radius 2 is 1.58 bits per heavy atom. The lowest BCUT2D eigenvalue weighted by Gasteiger charge is -2.59. The van der Waals surface area contributed by atoms with Gasteiger partial charge in [0.1, 0.15) is 0 Å². The molecule has 5 fully saturated rings. The van der Waals surface area contributed by atoms with Crippen molar-refractivity contribution >= 4 is 17.9 Å². The van der Waals surface area contributed by atoms with Crippen LogP contribution in [0, 0.1) is 29.1 Å². The summed E-state index contributed by atoms with van der Waals surface area (Å²) in [5.74, 6) is 3.02. The molecule has 166 valence electrons. The van der Waals surface area contributed by atoms with E-state index in [0.29, 0.717) is 18.5 Å². The van der Waals surface area contributed by atoms with Crippen LogP contribution in [0.3, 0.4) is 0 Å². The monoisotopic (exact) mass is 420 g/mol. The molecule has 6 rings (SSSR count). The molecule has 31 heavy (non-hydrogen) atoms. The summed E-state index contributed by atoms with van der Waals surface area (Å²) in [4.78, 5) is 27.5. The Balaban J connectivity index is 1.12. The maximum atomic E-state index is 13.1. The summed E-state index contributed by atoms with van der Waals surface area (Å²) in [6.07, 6.45) is 13.3. The van der Waals surface area contributed by atoms with Crippen LogP contribution in [0.1, 0.15) is 63.9 Å². The fourth-order valence-electron chi connectivity index (χ4n) is 7.39. The minimum atomic E-state index is 0.0403. The molecule has 4 saturated carbocycles. The lowest BCUT2D eigenvalue weighted by molar-refractivity contribution is -0.134. The van der Waals surface area contributed by atoms with E-state index in [1.165, 1.54) is 38.5 Å². The Bertz CT molecular complexity index is 803. The van der Waals surface area contributed by atoms with Gasteiger partial charge in [-0.25, -0.2) is 0 Å². The molecule has 4 nitrogen and oxygen atoms in total. The lowest BCUT2D eigenvalue weighted by atomic mass is 9.48. The first-order valence-corrected chi connectivity index (χ1v) is 12.3. The fraction of sp³-hybridized carbons (Fsp3) is 0.630. The van der Waals surface area contributed by atoms with Crippen molar-refractivity contribution in [3.05, 3.63) is 42.0 Å². The average molecular weight is 421 g/mol. The normalized spacial score (nSPS) is 33.6. The Morgan fingerprint density at radius 3 is 2.16 bits per heavy atom. The van der Waals surface area contributed by atoms with Crippen LogP contribution in [-0.4, -0.2) is 35.8 Å². The Labute approximate surface area is 186 Å². The highest BCUT2D eigenvalue weighted by atomic mass is 16.2. The molecule has 4 heteroatoms. The topological polar surface area (TPSA) is 49.4 Å². The number of nitrogens with zero attached hydrogens (tertiary/aromatic N) is 1. The van der Waals surface area contributed by atoms with E-state index in [1.807, 2.05) is 41.3 Å². The second kappa shape index (κ2) is 8.44. The first-order chi connectivity index (χ1) is 15.0. The quantitative estimate of drug-likeness (QED) is 0.705. The summed E-state index contributed by atoms with van der Waals surface area (Å²) in [7, 11) is 0. The third-order valence-electron chi connectivity index (χ3n) is 8.76. The van der Waals surface area contributed by atoms with E-state index in [-0.39, 0.29) is 23.8 Å². The van der Waals surface area contributed by atoms with Crippen molar-refractivity contribution < 1.29 is 9.59 Å². The minimum Gasteiger partial charge on any atom is -0.353 e. The number of benzene rings is 1. The van der Waals surface area contributed by atoms with Crippen molar-refractivity contribution in [1.82, 2.24) is 10.2 Å². The number of hydrogen-bond acceptors (Lipinski definition) is 2. The van der Waals surface area contributed by atoms with Crippen LogP contribution in [0.15, 0.2) is 36.4 Å². The van der Waals surface area contributed by atoms with Gasteiger partial charge in [-0.2, -0.15) is 0 Å². The third-order valence-corrected chi connectivity index (χ3v) is 8.76. The predicted octanol–water partition coefficient (Wildman–Crippen LogP) is 4.66. The molecule has 1 aromatic rings. The summed E-state index contributed by atoms with van der Waals surface area (Å²) in [6.45, 7) is 3.60. The molecular weight excluding hydrogens is 384 g/mol. The minimum absolute atomic E-state index is 0.0403. The molecule has 1 aromatic carbocycles. The zero-order valence-electron chi connectivity index (χ0n) is 18.8. The SMILES string of the molecule is C[C@@H](NC(=O)C1CCN(C(=O)/C=C/c2ccccc2)CC1)C12CC3CC(CC(C3)C1)C2. The van der Waals surface area contributed by atoms with Gasteiger partial charge in [0.2, 0.25) is 11.8 Å². The fourth-order valence-corrected chi connectivity index (χ4v) is 7.39. The van der Waals surface area contributed by atoms with Crippen LogP contribution in [0.5, 0.6) is 0 Å². The molecule has 0 spiro atoms. The smallest absolute Gasteiger partial charge is 0.246 e. The van der Waals surface area contributed by atoms with Gasteiger partial charge in [-0.1, -0.05) is 30.3 Å². The molecule has 1 saturated heterocycles. The third kappa shape index (κ3) is 4.31. The van der Waals surface area contributed by atoms with Gasteiger partial charge < -0.3 is 10.2 Å². The number of likely N-dealkylation sites (tertiary alicyclic amines) is 1. The lowest BCUT2D eigenvalue weighted by Crippen LogP contribution is -2.56. The molecule has 1 aliphatic heterocycles. The molecule has 2 amide bonds. The van der Waals surface area contributed by atoms with Gasteiger partial charge in [-0.3, -0.25) is 9.59 Å². The number of piperidine rings is 1. The van der Waals surface area contributed by atoms with Gasteiger partial charge in [0.05, 0.1) is 0 Å². The van der Waals surface area contributed by atoms with E-state index in [4.69, 9.17) is 0 Å². The van der Waals surface area contributed by atoms with E-state index in [2.05, 4.69) is 12.2 Å². The molecule has 1 atom stereocenters. The van der Waals surface area contributed by atoms with Crippen molar-refractivity contribution in [2.45, 2.75) is 64.3 Å². The molecular formula is C27H36N2O2. The highest BCUT2D eigenvalue weighted by molar-refractivity contribution is 5.92. The van der Waals surface area contributed by atoms with Crippen LogP contribution >= 0.6 is 0 Å². The number of hydrogen-bond donors (Lipinski definition) is 1. The number of carbonyl (C=O) groups is 2. The molecule has 4 aliphatic carbocycles. The van der Waals surface area contributed by atoms with E-state index in [0.717, 1.165) is 36.2 Å².